The van der Waals surface area contributed by atoms with Gasteiger partial charge in [0.15, 0.2) is 0 Å². The van der Waals surface area contributed by atoms with Crippen LogP contribution in [0.25, 0.3) is 0 Å². The third-order valence-corrected chi connectivity index (χ3v) is 4.67. The Hall–Kier alpha value is -0.720. The predicted octanol–water partition coefficient (Wildman–Crippen LogP) is 5.27. The zero-order chi connectivity index (χ0) is 14.5. The van der Waals surface area contributed by atoms with Crippen LogP contribution in [0.15, 0.2) is 52.3 Å². The van der Waals surface area contributed by atoms with Crippen molar-refractivity contribution in [2.45, 2.75) is 16.7 Å². The Morgan fingerprint density at radius 2 is 1.85 bits per heavy atom. The molecule has 104 valence electrons. The lowest BCUT2D eigenvalue weighted by Gasteiger charge is -2.07. The van der Waals surface area contributed by atoms with E-state index < -0.39 is 0 Å². The van der Waals surface area contributed by atoms with Crippen LogP contribution in [0.3, 0.4) is 0 Å². The molecular formula is C15H12ClIO2S. The molecule has 0 saturated carbocycles. The van der Waals surface area contributed by atoms with E-state index in [-0.39, 0.29) is 5.97 Å². The third kappa shape index (κ3) is 4.14. The molecule has 0 heterocycles. The maximum absolute atomic E-state index is 11.9. The number of rotatable bonds is 4. The lowest BCUT2D eigenvalue weighted by atomic mass is 10.2. The van der Waals surface area contributed by atoms with E-state index >= 15 is 0 Å². The highest BCUT2D eigenvalue weighted by Crippen LogP contribution is 2.30. The largest absolute Gasteiger partial charge is 0.462 e. The number of carbonyl (C=O) groups is 1. The average Bonchev–Trinajstić information content (AvgIpc) is 2.43. The van der Waals surface area contributed by atoms with Gasteiger partial charge in [-0.3, -0.25) is 0 Å². The second-order valence-electron chi connectivity index (χ2n) is 3.92. The van der Waals surface area contributed by atoms with Gasteiger partial charge < -0.3 is 4.74 Å². The summed E-state index contributed by atoms with van der Waals surface area (Å²) in [6.07, 6.45) is 0. The molecule has 0 unspecified atom stereocenters. The molecule has 20 heavy (non-hydrogen) atoms. The Balaban J connectivity index is 2.22. The minimum Gasteiger partial charge on any atom is -0.462 e. The predicted molar refractivity (Wildman–Crippen MR) is 90.7 cm³/mol. The fourth-order valence-electron chi connectivity index (χ4n) is 1.57. The fourth-order valence-corrected chi connectivity index (χ4v) is 3.11. The van der Waals surface area contributed by atoms with Crippen LogP contribution in [-0.2, 0) is 4.74 Å². The van der Waals surface area contributed by atoms with E-state index in [1.54, 1.807) is 18.7 Å². The van der Waals surface area contributed by atoms with Gasteiger partial charge >= 0.3 is 5.97 Å². The van der Waals surface area contributed by atoms with Gasteiger partial charge in [-0.1, -0.05) is 23.4 Å². The Labute approximate surface area is 141 Å². The van der Waals surface area contributed by atoms with Crippen molar-refractivity contribution in [3.63, 3.8) is 0 Å². The van der Waals surface area contributed by atoms with E-state index in [1.807, 2.05) is 42.5 Å². The van der Waals surface area contributed by atoms with E-state index in [0.29, 0.717) is 17.2 Å². The molecule has 2 nitrogen and oxygen atoms in total. The summed E-state index contributed by atoms with van der Waals surface area (Å²) in [4.78, 5) is 13.9. The summed E-state index contributed by atoms with van der Waals surface area (Å²) in [5, 5.41) is 0.712. The topological polar surface area (TPSA) is 26.3 Å². The molecule has 0 aliphatic carbocycles. The van der Waals surface area contributed by atoms with Crippen LogP contribution in [-0.4, -0.2) is 12.6 Å². The number of ether oxygens (including phenoxy) is 1. The molecular weight excluding hydrogens is 407 g/mol. The standard InChI is InChI=1S/C15H12ClIO2S/c1-2-19-15(18)13-9-12(7-8-14(13)17)20-11-5-3-10(16)4-6-11/h3-9H,2H2,1H3. The Morgan fingerprint density at radius 1 is 1.20 bits per heavy atom. The zero-order valence-electron chi connectivity index (χ0n) is 10.7. The maximum atomic E-state index is 11.9. The van der Waals surface area contributed by atoms with Crippen molar-refractivity contribution in [2.24, 2.45) is 0 Å². The zero-order valence-corrected chi connectivity index (χ0v) is 14.5. The first-order valence-corrected chi connectivity index (χ1v) is 8.27. The molecule has 5 heteroatoms. The molecule has 0 aliphatic rings. The van der Waals surface area contributed by atoms with Crippen LogP contribution in [0.2, 0.25) is 5.02 Å². The van der Waals surface area contributed by atoms with Crippen molar-refractivity contribution in [2.75, 3.05) is 6.61 Å². The second-order valence-corrected chi connectivity index (χ2v) is 6.66. The summed E-state index contributed by atoms with van der Waals surface area (Å²) in [6, 6.07) is 13.4. The first kappa shape index (κ1) is 15.7. The van der Waals surface area contributed by atoms with Crippen molar-refractivity contribution < 1.29 is 9.53 Å². The minimum atomic E-state index is -0.282. The van der Waals surface area contributed by atoms with E-state index in [4.69, 9.17) is 16.3 Å². The number of halogens is 2. The first-order chi connectivity index (χ1) is 9.60. The molecule has 0 spiro atoms. The lowest BCUT2D eigenvalue weighted by Crippen LogP contribution is -2.06. The molecule has 0 aromatic heterocycles. The maximum Gasteiger partial charge on any atom is 0.339 e. The van der Waals surface area contributed by atoms with Crippen LogP contribution in [0, 0.1) is 3.57 Å². The quantitative estimate of drug-likeness (QED) is 0.500. The highest BCUT2D eigenvalue weighted by Gasteiger charge is 2.12. The SMILES string of the molecule is CCOC(=O)c1cc(Sc2ccc(Cl)cc2)ccc1I. The van der Waals surface area contributed by atoms with Gasteiger partial charge in [-0.25, -0.2) is 4.79 Å². The van der Waals surface area contributed by atoms with Crippen molar-refractivity contribution in [3.05, 3.63) is 56.6 Å². The van der Waals surface area contributed by atoms with Crippen molar-refractivity contribution in [1.82, 2.24) is 0 Å². The van der Waals surface area contributed by atoms with Gasteiger partial charge in [-0.2, -0.15) is 0 Å². The number of carbonyl (C=O) groups excluding carboxylic acids is 1. The molecule has 0 radical (unpaired) electrons. The molecule has 0 fully saturated rings. The molecule has 0 N–H and O–H groups in total. The smallest absolute Gasteiger partial charge is 0.339 e. The molecule has 0 bridgehead atoms. The number of hydrogen-bond acceptors (Lipinski definition) is 3. The van der Waals surface area contributed by atoms with Gasteiger partial charge in [0, 0.05) is 18.4 Å². The summed E-state index contributed by atoms with van der Waals surface area (Å²) < 4.78 is 5.95. The monoisotopic (exact) mass is 418 g/mol. The first-order valence-electron chi connectivity index (χ1n) is 6.00. The molecule has 0 saturated heterocycles. The summed E-state index contributed by atoms with van der Waals surface area (Å²) >= 11 is 9.59. The van der Waals surface area contributed by atoms with Crippen molar-refractivity contribution in [3.8, 4) is 0 Å². The Morgan fingerprint density at radius 3 is 2.50 bits per heavy atom. The van der Waals surface area contributed by atoms with E-state index in [1.165, 1.54) is 0 Å². The van der Waals surface area contributed by atoms with Gasteiger partial charge in [0.25, 0.3) is 0 Å². The highest BCUT2D eigenvalue weighted by molar-refractivity contribution is 14.1. The normalized spacial score (nSPS) is 10.3. The van der Waals surface area contributed by atoms with Crippen LogP contribution >= 0.6 is 46.0 Å². The molecule has 2 rings (SSSR count). The average molecular weight is 419 g/mol. The number of benzene rings is 2. The van der Waals surface area contributed by atoms with Gasteiger partial charge in [-0.05, 0) is 72.0 Å². The summed E-state index contributed by atoms with van der Waals surface area (Å²) in [7, 11) is 0. The van der Waals surface area contributed by atoms with Crippen molar-refractivity contribution in [1.29, 1.82) is 0 Å². The van der Waals surface area contributed by atoms with E-state index in [0.717, 1.165) is 13.4 Å². The van der Waals surface area contributed by atoms with Crippen molar-refractivity contribution >= 4 is 51.9 Å². The van der Waals surface area contributed by atoms with Crippen LogP contribution < -0.4 is 0 Å². The van der Waals surface area contributed by atoms with Crippen LogP contribution in [0.1, 0.15) is 17.3 Å². The minimum absolute atomic E-state index is 0.282. The van der Waals surface area contributed by atoms with Gasteiger partial charge in [0.05, 0.1) is 12.2 Å². The molecule has 2 aromatic rings. The highest BCUT2D eigenvalue weighted by atomic mass is 127. The van der Waals surface area contributed by atoms with Gasteiger partial charge in [-0.15, -0.1) is 0 Å². The molecule has 0 aliphatic heterocycles. The Bertz CT molecular complexity index is 614. The van der Waals surface area contributed by atoms with Gasteiger partial charge in [0.2, 0.25) is 0 Å². The lowest BCUT2D eigenvalue weighted by molar-refractivity contribution is 0.0525. The summed E-state index contributed by atoms with van der Waals surface area (Å²) in [5.41, 5.74) is 0.603. The number of hydrogen-bond donors (Lipinski definition) is 0. The third-order valence-electron chi connectivity index (χ3n) is 2.48. The summed E-state index contributed by atoms with van der Waals surface area (Å²) in [6.45, 7) is 2.18. The molecule has 0 atom stereocenters. The van der Waals surface area contributed by atoms with E-state index in [2.05, 4.69) is 22.6 Å². The molecule has 2 aromatic carbocycles. The summed E-state index contributed by atoms with van der Waals surface area (Å²) in [5.74, 6) is -0.282. The van der Waals surface area contributed by atoms with Crippen LogP contribution in [0.5, 0.6) is 0 Å². The van der Waals surface area contributed by atoms with E-state index in [9.17, 15) is 4.79 Å². The Kier molecular flexibility index (Phi) is 5.74. The molecule has 0 amide bonds. The van der Waals surface area contributed by atoms with Crippen LogP contribution in [0.4, 0.5) is 0 Å². The fraction of sp³-hybridized carbons (Fsp3) is 0.133. The second kappa shape index (κ2) is 7.33. The number of esters is 1. The van der Waals surface area contributed by atoms with Gasteiger partial charge in [0.1, 0.15) is 0 Å².